The molecule has 0 radical (unpaired) electrons. The lowest BCUT2D eigenvalue weighted by Crippen LogP contribution is -2.16. The number of nitrogens with zero attached hydrogens (tertiary/aromatic N) is 1. The number of hydrogen-bond acceptors (Lipinski definition) is 3. The van der Waals surface area contributed by atoms with E-state index in [-0.39, 0.29) is 6.04 Å². The van der Waals surface area contributed by atoms with Crippen molar-refractivity contribution in [3.05, 3.63) is 29.8 Å². The summed E-state index contributed by atoms with van der Waals surface area (Å²) in [7, 11) is 5.70. The van der Waals surface area contributed by atoms with Gasteiger partial charge < -0.3 is 15.4 Å². The summed E-state index contributed by atoms with van der Waals surface area (Å²) in [5.74, 6) is 0. The third kappa shape index (κ3) is 2.72. The van der Waals surface area contributed by atoms with Crippen molar-refractivity contribution in [2.24, 2.45) is 5.73 Å². The van der Waals surface area contributed by atoms with E-state index in [9.17, 15) is 0 Å². The maximum Gasteiger partial charge on any atom is 0.0655 e. The van der Waals surface area contributed by atoms with E-state index in [0.717, 1.165) is 5.56 Å². The topological polar surface area (TPSA) is 38.5 Å². The summed E-state index contributed by atoms with van der Waals surface area (Å²) >= 11 is 0. The van der Waals surface area contributed by atoms with E-state index < -0.39 is 0 Å². The Morgan fingerprint density at radius 3 is 2.29 bits per heavy atom. The fourth-order valence-electron chi connectivity index (χ4n) is 1.30. The van der Waals surface area contributed by atoms with E-state index in [2.05, 4.69) is 17.0 Å². The highest BCUT2D eigenvalue weighted by Crippen LogP contribution is 2.16. The first-order valence-electron chi connectivity index (χ1n) is 4.67. The highest BCUT2D eigenvalue weighted by atomic mass is 16.5. The normalized spacial score (nSPS) is 12.6. The Morgan fingerprint density at radius 2 is 1.86 bits per heavy atom. The molecule has 0 aliphatic rings. The number of methoxy groups -OCH3 is 1. The number of ether oxygens (including phenoxy) is 1. The molecule has 3 nitrogen and oxygen atoms in total. The molecule has 0 saturated carbocycles. The van der Waals surface area contributed by atoms with Gasteiger partial charge in [-0.1, -0.05) is 12.1 Å². The number of benzene rings is 1. The van der Waals surface area contributed by atoms with E-state index >= 15 is 0 Å². The van der Waals surface area contributed by atoms with Crippen LogP contribution in [0.1, 0.15) is 11.6 Å². The summed E-state index contributed by atoms with van der Waals surface area (Å²) in [5, 5.41) is 0. The third-order valence-corrected chi connectivity index (χ3v) is 2.18. The highest BCUT2D eigenvalue weighted by molar-refractivity contribution is 5.46. The van der Waals surface area contributed by atoms with Crippen LogP contribution in [0.25, 0.3) is 0 Å². The molecule has 0 bridgehead atoms. The van der Waals surface area contributed by atoms with Crippen molar-refractivity contribution in [3.63, 3.8) is 0 Å². The van der Waals surface area contributed by atoms with Crippen LogP contribution in [-0.4, -0.2) is 27.8 Å². The van der Waals surface area contributed by atoms with Gasteiger partial charge in [-0.3, -0.25) is 0 Å². The molecule has 0 aromatic heterocycles. The first kappa shape index (κ1) is 11.0. The molecular weight excluding hydrogens is 176 g/mol. The van der Waals surface area contributed by atoms with E-state index in [1.807, 2.05) is 26.2 Å². The molecule has 0 saturated heterocycles. The Morgan fingerprint density at radius 1 is 1.29 bits per heavy atom. The quantitative estimate of drug-likeness (QED) is 0.787. The number of hydrogen-bond donors (Lipinski definition) is 1. The Labute approximate surface area is 85.5 Å². The second-order valence-corrected chi connectivity index (χ2v) is 3.55. The second-order valence-electron chi connectivity index (χ2n) is 3.55. The van der Waals surface area contributed by atoms with Gasteiger partial charge in [-0.2, -0.15) is 0 Å². The Balaban J connectivity index is 2.72. The zero-order valence-electron chi connectivity index (χ0n) is 9.03. The molecule has 0 amide bonds. The van der Waals surface area contributed by atoms with Gasteiger partial charge in [0.25, 0.3) is 0 Å². The van der Waals surface area contributed by atoms with Crippen LogP contribution in [0, 0.1) is 0 Å². The molecule has 2 N–H and O–H groups in total. The van der Waals surface area contributed by atoms with Crippen LogP contribution in [-0.2, 0) is 4.74 Å². The summed E-state index contributed by atoms with van der Waals surface area (Å²) in [6.07, 6.45) is 0. The number of anilines is 1. The van der Waals surface area contributed by atoms with Crippen molar-refractivity contribution in [2.45, 2.75) is 6.04 Å². The van der Waals surface area contributed by atoms with Crippen molar-refractivity contribution in [2.75, 3.05) is 32.7 Å². The van der Waals surface area contributed by atoms with Crippen LogP contribution in [0.5, 0.6) is 0 Å². The molecule has 1 unspecified atom stereocenters. The van der Waals surface area contributed by atoms with E-state index in [1.54, 1.807) is 7.11 Å². The average molecular weight is 194 g/mol. The minimum absolute atomic E-state index is 0.0313. The van der Waals surface area contributed by atoms with Crippen molar-refractivity contribution in [1.29, 1.82) is 0 Å². The average Bonchev–Trinajstić information content (AvgIpc) is 2.18. The molecule has 0 aliphatic carbocycles. The molecule has 0 fully saturated rings. The van der Waals surface area contributed by atoms with Crippen LogP contribution in [0.3, 0.4) is 0 Å². The van der Waals surface area contributed by atoms with Crippen LogP contribution >= 0.6 is 0 Å². The van der Waals surface area contributed by atoms with Gasteiger partial charge in [-0.15, -0.1) is 0 Å². The van der Waals surface area contributed by atoms with E-state index in [0.29, 0.717) is 6.61 Å². The minimum Gasteiger partial charge on any atom is -0.383 e. The van der Waals surface area contributed by atoms with Crippen molar-refractivity contribution in [3.8, 4) is 0 Å². The minimum atomic E-state index is -0.0313. The lowest BCUT2D eigenvalue weighted by Gasteiger charge is -2.15. The molecule has 1 aromatic rings. The molecule has 1 rings (SSSR count). The lowest BCUT2D eigenvalue weighted by atomic mass is 10.1. The monoisotopic (exact) mass is 194 g/mol. The van der Waals surface area contributed by atoms with Crippen molar-refractivity contribution >= 4 is 5.69 Å². The van der Waals surface area contributed by atoms with Gasteiger partial charge in [0.05, 0.1) is 12.6 Å². The van der Waals surface area contributed by atoms with Crippen molar-refractivity contribution in [1.82, 2.24) is 0 Å². The highest BCUT2D eigenvalue weighted by Gasteiger charge is 2.04. The smallest absolute Gasteiger partial charge is 0.0655 e. The molecule has 1 atom stereocenters. The van der Waals surface area contributed by atoms with Gasteiger partial charge >= 0.3 is 0 Å². The van der Waals surface area contributed by atoms with Crippen LogP contribution in [0.2, 0.25) is 0 Å². The summed E-state index contributed by atoms with van der Waals surface area (Å²) in [6, 6.07) is 8.17. The van der Waals surface area contributed by atoms with Crippen LogP contribution in [0.15, 0.2) is 24.3 Å². The molecule has 0 heterocycles. The standard InChI is InChI=1S/C11H18N2O/c1-13(2)10-6-4-9(5-7-10)11(12)8-14-3/h4-7,11H,8,12H2,1-3H3. The fourth-order valence-corrected chi connectivity index (χ4v) is 1.30. The maximum atomic E-state index is 5.89. The molecule has 3 heteroatoms. The first-order chi connectivity index (χ1) is 6.65. The van der Waals surface area contributed by atoms with E-state index in [1.165, 1.54) is 5.69 Å². The van der Waals surface area contributed by atoms with Crippen LogP contribution in [0.4, 0.5) is 5.69 Å². The Bertz CT molecular complexity index is 269. The predicted molar refractivity (Wildman–Crippen MR) is 59.6 cm³/mol. The summed E-state index contributed by atoms with van der Waals surface area (Å²) in [6.45, 7) is 0.557. The van der Waals surface area contributed by atoms with Gasteiger partial charge in [0.15, 0.2) is 0 Å². The number of rotatable bonds is 4. The molecule has 78 valence electrons. The Hall–Kier alpha value is -1.06. The van der Waals surface area contributed by atoms with Gasteiger partial charge in [-0.25, -0.2) is 0 Å². The SMILES string of the molecule is COCC(N)c1ccc(N(C)C)cc1. The van der Waals surface area contributed by atoms with Gasteiger partial charge in [0, 0.05) is 26.9 Å². The molecule has 14 heavy (non-hydrogen) atoms. The van der Waals surface area contributed by atoms with Gasteiger partial charge in [-0.05, 0) is 17.7 Å². The van der Waals surface area contributed by atoms with Gasteiger partial charge in [0.2, 0.25) is 0 Å². The second kappa shape index (κ2) is 4.98. The third-order valence-electron chi connectivity index (χ3n) is 2.18. The van der Waals surface area contributed by atoms with Crippen LogP contribution < -0.4 is 10.6 Å². The maximum absolute atomic E-state index is 5.89. The summed E-state index contributed by atoms with van der Waals surface area (Å²) in [5.41, 5.74) is 8.18. The predicted octanol–water partition coefficient (Wildman–Crippen LogP) is 1.40. The Kier molecular flexibility index (Phi) is 3.92. The van der Waals surface area contributed by atoms with Gasteiger partial charge in [0.1, 0.15) is 0 Å². The summed E-state index contributed by atoms with van der Waals surface area (Å²) in [4.78, 5) is 2.06. The summed E-state index contributed by atoms with van der Waals surface area (Å²) < 4.78 is 5.00. The van der Waals surface area contributed by atoms with E-state index in [4.69, 9.17) is 10.5 Å². The first-order valence-corrected chi connectivity index (χ1v) is 4.67. The largest absolute Gasteiger partial charge is 0.383 e. The van der Waals surface area contributed by atoms with Crippen molar-refractivity contribution < 1.29 is 4.74 Å². The molecule has 0 spiro atoms. The molecule has 1 aromatic carbocycles. The molecule has 0 aliphatic heterocycles. The zero-order valence-corrected chi connectivity index (χ0v) is 9.03. The zero-order chi connectivity index (χ0) is 10.6. The number of nitrogens with two attached hydrogens (primary N) is 1. The lowest BCUT2D eigenvalue weighted by molar-refractivity contribution is 0.181. The molecular formula is C11H18N2O. The fraction of sp³-hybridized carbons (Fsp3) is 0.455.